The van der Waals surface area contributed by atoms with Crippen LogP contribution in [0.4, 0.5) is 0 Å². The molecule has 0 aliphatic heterocycles. The van der Waals surface area contributed by atoms with Crippen molar-refractivity contribution in [2.75, 3.05) is 0 Å². The molecule has 0 bridgehead atoms. The monoisotopic (exact) mass is 355 g/mol. The Morgan fingerprint density at radius 2 is 1.92 bits per heavy atom. The summed E-state index contributed by atoms with van der Waals surface area (Å²) in [4.78, 5) is 21.5. The molecule has 0 saturated heterocycles. The first kappa shape index (κ1) is 16.9. The van der Waals surface area contributed by atoms with Gasteiger partial charge in [-0.15, -0.1) is 0 Å². The molecule has 0 aliphatic carbocycles. The molecule has 0 saturated carbocycles. The molecule has 2 heterocycles. The number of carbonyl (C=O) groups excluding carboxylic acids is 1. The maximum absolute atomic E-state index is 12.5. The zero-order valence-corrected chi connectivity index (χ0v) is 14.3. The first-order valence-electron chi connectivity index (χ1n) is 7.45. The smallest absolute Gasteiger partial charge is 0.360 e. The molecule has 0 aliphatic rings. The van der Waals surface area contributed by atoms with Crippen LogP contribution in [0.1, 0.15) is 28.6 Å². The van der Waals surface area contributed by atoms with Gasteiger partial charge in [-0.1, -0.05) is 40.1 Å². The number of oxime groups is 1. The first-order valence-corrected chi connectivity index (χ1v) is 7.83. The van der Waals surface area contributed by atoms with Gasteiger partial charge in [-0.3, -0.25) is 4.98 Å². The molecule has 0 amide bonds. The van der Waals surface area contributed by atoms with E-state index < -0.39 is 5.97 Å². The van der Waals surface area contributed by atoms with Crippen LogP contribution in [-0.2, 0) is 4.84 Å². The van der Waals surface area contributed by atoms with E-state index in [2.05, 4.69) is 15.3 Å². The summed E-state index contributed by atoms with van der Waals surface area (Å²) in [6, 6.07) is 10.6. The van der Waals surface area contributed by atoms with Crippen LogP contribution in [0, 0.1) is 6.92 Å². The van der Waals surface area contributed by atoms with Gasteiger partial charge in [-0.2, -0.15) is 0 Å². The summed E-state index contributed by atoms with van der Waals surface area (Å²) >= 11 is 6.18. The fourth-order valence-electron chi connectivity index (χ4n) is 2.25. The molecule has 0 atom stereocenters. The Bertz CT molecular complexity index is 936. The highest BCUT2D eigenvalue weighted by Crippen LogP contribution is 2.31. The van der Waals surface area contributed by atoms with E-state index in [0.717, 1.165) is 5.56 Å². The minimum Gasteiger partial charge on any atom is -0.360 e. The van der Waals surface area contributed by atoms with Crippen molar-refractivity contribution in [2.45, 2.75) is 13.8 Å². The minimum atomic E-state index is -0.665. The number of aromatic nitrogens is 2. The number of hydrogen-bond donors (Lipinski definition) is 0. The third-order valence-corrected chi connectivity index (χ3v) is 3.89. The maximum Gasteiger partial charge on any atom is 0.371 e. The predicted octanol–water partition coefficient (Wildman–Crippen LogP) is 4.28. The molecular formula is C18H14ClN3O3. The van der Waals surface area contributed by atoms with Gasteiger partial charge in [0.1, 0.15) is 17.0 Å². The summed E-state index contributed by atoms with van der Waals surface area (Å²) in [6.07, 6.45) is 3.27. The van der Waals surface area contributed by atoms with Crippen LogP contribution in [0.15, 0.2) is 58.5 Å². The average molecular weight is 356 g/mol. The van der Waals surface area contributed by atoms with Crippen molar-refractivity contribution >= 4 is 23.3 Å². The highest BCUT2D eigenvalue weighted by atomic mass is 35.5. The number of carbonyl (C=O) groups is 1. The van der Waals surface area contributed by atoms with Gasteiger partial charge in [-0.05, 0) is 32.0 Å². The van der Waals surface area contributed by atoms with Crippen molar-refractivity contribution in [2.24, 2.45) is 5.16 Å². The lowest BCUT2D eigenvalue weighted by Gasteiger charge is -2.03. The van der Waals surface area contributed by atoms with Gasteiger partial charge < -0.3 is 9.36 Å². The van der Waals surface area contributed by atoms with Crippen molar-refractivity contribution in [1.82, 2.24) is 10.1 Å². The molecule has 0 N–H and O–H groups in total. The molecule has 3 rings (SSSR count). The molecule has 0 fully saturated rings. The number of aryl methyl sites for hydroxylation is 1. The van der Waals surface area contributed by atoms with Crippen molar-refractivity contribution in [3.63, 3.8) is 0 Å². The van der Waals surface area contributed by atoms with Crippen LogP contribution in [0.3, 0.4) is 0 Å². The van der Waals surface area contributed by atoms with Gasteiger partial charge in [0.25, 0.3) is 0 Å². The average Bonchev–Trinajstić information content (AvgIpc) is 3.02. The molecule has 0 spiro atoms. The number of benzene rings is 1. The molecule has 0 unspecified atom stereocenters. The van der Waals surface area contributed by atoms with Crippen molar-refractivity contribution in [1.29, 1.82) is 0 Å². The van der Waals surface area contributed by atoms with E-state index in [4.69, 9.17) is 21.0 Å². The van der Waals surface area contributed by atoms with Gasteiger partial charge in [0.2, 0.25) is 0 Å². The van der Waals surface area contributed by atoms with Gasteiger partial charge in [-0.25, -0.2) is 4.79 Å². The van der Waals surface area contributed by atoms with Crippen molar-refractivity contribution < 1.29 is 14.2 Å². The lowest BCUT2D eigenvalue weighted by Crippen LogP contribution is -2.06. The fourth-order valence-corrected chi connectivity index (χ4v) is 2.48. The fraction of sp³-hybridized carbons (Fsp3) is 0.111. The van der Waals surface area contributed by atoms with Gasteiger partial charge in [0, 0.05) is 23.5 Å². The quantitative estimate of drug-likeness (QED) is 0.396. The number of rotatable bonds is 4. The van der Waals surface area contributed by atoms with E-state index >= 15 is 0 Å². The molecule has 0 radical (unpaired) electrons. The van der Waals surface area contributed by atoms with Crippen LogP contribution in [0.2, 0.25) is 5.02 Å². The topological polar surface area (TPSA) is 77.6 Å². The maximum atomic E-state index is 12.5. The van der Waals surface area contributed by atoms with E-state index in [0.29, 0.717) is 27.8 Å². The van der Waals surface area contributed by atoms with Crippen LogP contribution in [-0.4, -0.2) is 21.8 Å². The minimum absolute atomic E-state index is 0.194. The molecule has 7 heteroatoms. The van der Waals surface area contributed by atoms with E-state index in [9.17, 15) is 4.79 Å². The second kappa shape index (κ2) is 7.27. The molecular weight excluding hydrogens is 342 g/mol. The Balaban J connectivity index is 1.89. The van der Waals surface area contributed by atoms with Crippen molar-refractivity contribution in [3.8, 4) is 11.3 Å². The Hall–Kier alpha value is -2.99. The zero-order valence-electron chi connectivity index (χ0n) is 13.6. The number of halogens is 1. The number of nitrogens with zero attached hydrogens (tertiary/aromatic N) is 3. The Labute approximate surface area is 149 Å². The number of hydrogen-bond acceptors (Lipinski definition) is 6. The standard InChI is InChI=1S/C18H14ClN3O3/c1-11(13-7-9-20-10-8-13)21-25-18(23)16-12(2)24-22-17(16)14-5-3-4-6-15(14)19/h3-10H,1-2H3. The Kier molecular flexibility index (Phi) is 4.90. The number of pyridine rings is 1. The summed E-state index contributed by atoms with van der Waals surface area (Å²) in [5.41, 5.74) is 2.45. The second-order valence-corrected chi connectivity index (χ2v) is 5.64. The summed E-state index contributed by atoms with van der Waals surface area (Å²) in [5.74, 6) is -0.334. The van der Waals surface area contributed by atoms with E-state index in [1.807, 2.05) is 0 Å². The van der Waals surface area contributed by atoms with Gasteiger partial charge in [0.05, 0.1) is 10.7 Å². The highest BCUT2D eigenvalue weighted by Gasteiger charge is 2.24. The largest absolute Gasteiger partial charge is 0.371 e. The molecule has 1 aromatic carbocycles. The van der Waals surface area contributed by atoms with Crippen LogP contribution >= 0.6 is 11.6 Å². The summed E-state index contributed by atoms with van der Waals surface area (Å²) < 4.78 is 5.15. The summed E-state index contributed by atoms with van der Waals surface area (Å²) in [7, 11) is 0. The van der Waals surface area contributed by atoms with E-state index in [-0.39, 0.29) is 5.56 Å². The van der Waals surface area contributed by atoms with Gasteiger partial charge >= 0.3 is 5.97 Å². The van der Waals surface area contributed by atoms with E-state index in [1.165, 1.54) is 0 Å². The molecule has 126 valence electrons. The third kappa shape index (κ3) is 3.59. The van der Waals surface area contributed by atoms with E-state index in [1.54, 1.807) is 62.6 Å². The SMILES string of the molecule is CC(=NOC(=O)c1c(-c2ccccc2Cl)noc1C)c1ccncc1. The van der Waals surface area contributed by atoms with Crippen LogP contribution in [0.25, 0.3) is 11.3 Å². The molecule has 3 aromatic rings. The Morgan fingerprint density at radius 1 is 1.20 bits per heavy atom. The molecule has 25 heavy (non-hydrogen) atoms. The lowest BCUT2D eigenvalue weighted by atomic mass is 10.1. The normalized spacial score (nSPS) is 11.4. The highest BCUT2D eigenvalue weighted by molar-refractivity contribution is 6.33. The summed E-state index contributed by atoms with van der Waals surface area (Å²) in [5, 5.41) is 8.28. The molecule has 2 aromatic heterocycles. The predicted molar refractivity (Wildman–Crippen MR) is 93.5 cm³/mol. The van der Waals surface area contributed by atoms with Crippen molar-refractivity contribution in [3.05, 3.63) is 70.7 Å². The van der Waals surface area contributed by atoms with Crippen LogP contribution < -0.4 is 0 Å². The zero-order chi connectivity index (χ0) is 17.8. The third-order valence-electron chi connectivity index (χ3n) is 3.56. The van der Waals surface area contributed by atoms with Gasteiger partial charge in [0.15, 0.2) is 0 Å². The summed E-state index contributed by atoms with van der Waals surface area (Å²) in [6.45, 7) is 3.36. The Morgan fingerprint density at radius 3 is 2.64 bits per heavy atom. The lowest BCUT2D eigenvalue weighted by molar-refractivity contribution is 0.0515. The first-order chi connectivity index (χ1) is 12.1. The van der Waals surface area contributed by atoms with Crippen LogP contribution in [0.5, 0.6) is 0 Å². The second-order valence-electron chi connectivity index (χ2n) is 5.23. The molecule has 6 nitrogen and oxygen atoms in total.